The Hall–Kier alpha value is -1.75. The number of aromatic nitrogens is 1. The minimum absolute atomic E-state index is 0.00460. The maximum absolute atomic E-state index is 12.6. The molecule has 1 fully saturated rings. The molecule has 0 bridgehead atoms. The molecule has 1 aromatic rings. The van der Waals surface area contributed by atoms with Gasteiger partial charge >= 0.3 is 0 Å². The molecule has 2 heterocycles. The standard InChI is InChI=1S/C18H30N4O5S/c1-4-22(5-2)28(25,26)16-6-7-18(24)21(13-16)14-17(23)19-15(3)12-20-8-10-27-11-9-20/h6-7,13,15H,4-5,8-12,14H2,1-3H3,(H,19,23). The molecular weight excluding hydrogens is 384 g/mol. The highest BCUT2D eigenvalue weighted by Gasteiger charge is 2.23. The lowest BCUT2D eigenvalue weighted by Gasteiger charge is -2.29. The summed E-state index contributed by atoms with van der Waals surface area (Å²) < 4.78 is 33.0. The van der Waals surface area contributed by atoms with E-state index in [0.717, 1.165) is 17.7 Å². The van der Waals surface area contributed by atoms with Crippen LogP contribution in [-0.2, 0) is 26.1 Å². The van der Waals surface area contributed by atoms with Crippen LogP contribution in [-0.4, -0.2) is 80.1 Å². The Kier molecular flexibility index (Phi) is 8.17. The fourth-order valence-corrected chi connectivity index (χ4v) is 4.67. The number of nitrogens with zero attached hydrogens (tertiary/aromatic N) is 3. The van der Waals surface area contributed by atoms with Crippen molar-refractivity contribution < 1.29 is 17.9 Å². The third-order valence-corrected chi connectivity index (χ3v) is 6.69. The molecule has 158 valence electrons. The van der Waals surface area contributed by atoms with Gasteiger partial charge in [-0.05, 0) is 13.0 Å². The number of pyridine rings is 1. The van der Waals surface area contributed by atoms with Crippen molar-refractivity contribution >= 4 is 15.9 Å². The number of hydrogen-bond acceptors (Lipinski definition) is 6. The lowest BCUT2D eigenvalue weighted by molar-refractivity contribution is -0.122. The van der Waals surface area contributed by atoms with Crippen molar-refractivity contribution in [3.8, 4) is 0 Å². The molecule has 1 aliphatic heterocycles. The highest BCUT2D eigenvalue weighted by Crippen LogP contribution is 2.13. The number of hydrogen-bond donors (Lipinski definition) is 1. The van der Waals surface area contributed by atoms with Crippen molar-refractivity contribution in [2.24, 2.45) is 0 Å². The molecule has 0 aliphatic carbocycles. The highest BCUT2D eigenvalue weighted by atomic mass is 32.2. The maximum atomic E-state index is 12.6. The fourth-order valence-electron chi connectivity index (χ4n) is 3.19. The molecule has 2 rings (SSSR count). The number of carbonyl (C=O) groups is 1. The van der Waals surface area contributed by atoms with Crippen LogP contribution < -0.4 is 10.9 Å². The van der Waals surface area contributed by atoms with Crippen molar-refractivity contribution in [1.82, 2.24) is 19.1 Å². The molecule has 1 aromatic heterocycles. The summed E-state index contributed by atoms with van der Waals surface area (Å²) in [7, 11) is -3.70. The summed E-state index contributed by atoms with van der Waals surface area (Å²) in [6, 6.07) is 2.37. The van der Waals surface area contributed by atoms with Gasteiger partial charge in [0.05, 0.1) is 18.1 Å². The first kappa shape index (κ1) is 22.5. The van der Waals surface area contributed by atoms with Crippen molar-refractivity contribution in [3.05, 3.63) is 28.7 Å². The zero-order valence-electron chi connectivity index (χ0n) is 16.8. The van der Waals surface area contributed by atoms with Gasteiger partial charge in [0.2, 0.25) is 15.9 Å². The van der Waals surface area contributed by atoms with E-state index < -0.39 is 15.6 Å². The quantitative estimate of drug-likeness (QED) is 0.596. The number of amides is 1. The summed E-state index contributed by atoms with van der Waals surface area (Å²) in [4.78, 5) is 26.7. The van der Waals surface area contributed by atoms with Crippen molar-refractivity contribution in [3.63, 3.8) is 0 Å². The molecule has 0 spiro atoms. The topological polar surface area (TPSA) is 101 Å². The summed E-state index contributed by atoms with van der Waals surface area (Å²) in [6.07, 6.45) is 1.24. The molecule has 9 nitrogen and oxygen atoms in total. The number of morpholine rings is 1. The van der Waals surface area contributed by atoms with Gasteiger partial charge in [0.1, 0.15) is 6.54 Å². The smallest absolute Gasteiger partial charge is 0.251 e. The van der Waals surface area contributed by atoms with Gasteiger partial charge in [-0.3, -0.25) is 14.5 Å². The lowest BCUT2D eigenvalue weighted by atomic mass is 10.3. The fraction of sp³-hybridized carbons (Fsp3) is 0.667. The van der Waals surface area contributed by atoms with E-state index in [-0.39, 0.29) is 23.4 Å². The van der Waals surface area contributed by atoms with E-state index in [1.807, 2.05) is 6.92 Å². The third kappa shape index (κ3) is 5.87. The summed E-state index contributed by atoms with van der Waals surface area (Å²) in [5.74, 6) is -0.333. The third-order valence-electron chi connectivity index (χ3n) is 4.66. The predicted octanol–water partition coefficient (Wildman–Crippen LogP) is -0.284. The second-order valence-corrected chi connectivity index (χ2v) is 8.74. The first-order valence-corrected chi connectivity index (χ1v) is 11.0. The SMILES string of the molecule is CCN(CC)S(=O)(=O)c1ccc(=O)n(CC(=O)NC(C)CN2CCOCC2)c1. The van der Waals surface area contributed by atoms with Crippen LogP contribution in [0.5, 0.6) is 0 Å². The largest absolute Gasteiger partial charge is 0.379 e. The molecule has 0 aromatic carbocycles. The van der Waals surface area contributed by atoms with Crippen LogP contribution in [0.1, 0.15) is 20.8 Å². The Labute approximate surface area is 166 Å². The van der Waals surface area contributed by atoms with E-state index >= 15 is 0 Å². The molecule has 10 heteroatoms. The Morgan fingerprint density at radius 3 is 2.50 bits per heavy atom. The lowest BCUT2D eigenvalue weighted by Crippen LogP contribution is -2.47. The van der Waals surface area contributed by atoms with E-state index in [0.29, 0.717) is 32.8 Å². The molecule has 1 aliphatic rings. The van der Waals surface area contributed by atoms with E-state index in [4.69, 9.17) is 4.74 Å². The Bertz CT molecular complexity index is 814. The second kappa shape index (κ2) is 10.1. The summed E-state index contributed by atoms with van der Waals surface area (Å²) in [5, 5.41) is 2.87. The van der Waals surface area contributed by atoms with Crippen LogP contribution in [0.4, 0.5) is 0 Å². The first-order chi connectivity index (χ1) is 13.3. The van der Waals surface area contributed by atoms with Crippen molar-refractivity contribution in [2.75, 3.05) is 45.9 Å². The van der Waals surface area contributed by atoms with Crippen LogP contribution in [0.15, 0.2) is 28.0 Å². The van der Waals surface area contributed by atoms with Crippen LogP contribution in [0.3, 0.4) is 0 Å². The molecule has 1 unspecified atom stereocenters. The minimum atomic E-state index is -3.70. The van der Waals surface area contributed by atoms with Crippen LogP contribution in [0, 0.1) is 0 Å². The van der Waals surface area contributed by atoms with Crippen molar-refractivity contribution in [2.45, 2.75) is 38.3 Å². The van der Waals surface area contributed by atoms with E-state index in [1.54, 1.807) is 13.8 Å². The summed E-state index contributed by atoms with van der Waals surface area (Å²) in [5.41, 5.74) is -0.422. The van der Waals surface area contributed by atoms with Gasteiger partial charge in [0.25, 0.3) is 5.56 Å². The number of sulfonamides is 1. The monoisotopic (exact) mass is 414 g/mol. The molecule has 1 saturated heterocycles. The predicted molar refractivity (Wildman–Crippen MR) is 106 cm³/mol. The Morgan fingerprint density at radius 1 is 1.25 bits per heavy atom. The summed E-state index contributed by atoms with van der Waals surface area (Å²) >= 11 is 0. The van der Waals surface area contributed by atoms with Gasteiger partial charge in [0.15, 0.2) is 0 Å². The Balaban J connectivity index is 2.04. The molecule has 1 N–H and O–H groups in total. The van der Waals surface area contributed by atoms with Gasteiger partial charge < -0.3 is 14.6 Å². The number of ether oxygens (including phenoxy) is 1. The second-order valence-electron chi connectivity index (χ2n) is 6.80. The van der Waals surface area contributed by atoms with Gasteiger partial charge in [-0.1, -0.05) is 13.8 Å². The molecule has 1 atom stereocenters. The average Bonchev–Trinajstić information content (AvgIpc) is 2.64. The van der Waals surface area contributed by atoms with E-state index in [9.17, 15) is 18.0 Å². The molecule has 0 radical (unpaired) electrons. The van der Waals surface area contributed by atoms with Gasteiger partial charge in [-0.15, -0.1) is 0 Å². The van der Waals surface area contributed by atoms with Crippen LogP contribution in [0.25, 0.3) is 0 Å². The number of rotatable bonds is 9. The molecule has 28 heavy (non-hydrogen) atoms. The number of carbonyl (C=O) groups excluding carboxylic acids is 1. The maximum Gasteiger partial charge on any atom is 0.251 e. The number of nitrogens with one attached hydrogen (secondary N) is 1. The Morgan fingerprint density at radius 2 is 1.89 bits per heavy atom. The zero-order chi connectivity index (χ0) is 20.7. The minimum Gasteiger partial charge on any atom is -0.379 e. The van der Waals surface area contributed by atoms with Gasteiger partial charge in [-0.2, -0.15) is 4.31 Å². The first-order valence-electron chi connectivity index (χ1n) is 9.58. The van der Waals surface area contributed by atoms with Gasteiger partial charge in [-0.25, -0.2) is 8.42 Å². The summed E-state index contributed by atoms with van der Waals surface area (Å²) in [6.45, 7) is 9.55. The van der Waals surface area contributed by atoms with Crippen LogP contribution >= 0.6 is 0 Å². The molecule has 0 saturated carbocycles. The zero-order valence-corrected chi connectivity index (χ0v) is 17.6. The molecule has 1 amide bonds. The highest BCUT2D eigenvalue weighted by molar-refractivity contribution is 7.89. The normalized spacial score (nSPS) is 16.9. The average molecular weight is 415 g/mol. The van der Waals surface area contributed by atoms with Crippen LogP contribution in [0.2, 0.25) is 0 Å². The molecular formula is C18H30N4O5S. The van der Waals surface area contributed by atoms with E-state index in [2.05, 4.69) is 10.2 Å². The van der Waals surface area contributed by atoms with Gasteiger partial charge in [0, 0.05) is 51.0 Å². The van der Waals surface area contributed by atoms with E-state index in [1.165, 1.54) is 22.6 Å². The van der Waals surface area contributed by atoms with Crippen molar-refractivity contribution in [1.29, 1.82) is 0 Å².